The van der Waals surface area contributed by atoms with Gasteiger partial charge in [0.15, 0.2) is 0 Å². The Morgan fingerprint density at radius 2 is 2.04 bits per heavy atom. The van der Waals surface area contributed by atoms with Gasteiger partial charge in [-0.2, -0.15) is 0 Å². The summed E-state index contributed by atoms with van der Waals surface area (Å²) in [6.45, 7) is -0.307. The maximum atomic E-state index is 10.8. The molecule has 0 amide bonds. The number of carboxylic acid groups (broad SMARTS) is 1. The number of aliphatic hydroxyl groups is 2. The van der Waals surface area contributed by atoms with Crippen molar-refractivity contribution in [3.05, 3.63) is 53.6 Å². The molecular formula is C18H18O5. The molecule has 0 radical (unpaired) electrons. The van der Waals surface area contributed by atoms with Crippen LogP contribution in [0, 0.1) is 17.8 Å². The molecule has 2 atom stereocenters. The summed E-state index contributed by atoms with van der Waals surface area (Å²) >= 11 is 0. The van der Waals surface area contributed by atoms with Gasteiger partial charge in [-0.15, -0.1) is 0 Å². The minimum absolute atomic E-state index is 0.0317. The van der Waals surface area contributed by atoms with Gasteiger partial charge in [0.1, 0.15) is 18.5 Å². The summed E-state index contributed by atoms with van der Waals surface area (Å²) in [5.41, 5.74) is 1.60. The van der Waals surface area contributed by atoms with Crippen LogP contribution in [0.5, 0.6) is 5.75 Å². The highest BCUT2D eigenvalue weighted by molar-refractivity contribution is 5.73. The molecule has 2 unspecified atom stereocenters. The molecule has 1 aromatic rings. The molecule has 0 heterocycles. The Labute approximate surface area is 134 Å². The summed E-state index contributed by atoms with van der Waals surface area (Å²) in [7, 11) is 0. The number of hydrogen-bond acceptors (Lipinski definition) is 4. The fraction of sp³-hybridized carbons (Fsp3) is 0.278. The van der Waals surface area contributed by atoms with Gasteiger partial charge >= 0.3 is 5.97 Å². The highest BCUT2D eigenvalue weighted by Gasteiger charge is 2.14. The predicted octanol–water partition coefficient (Wildman–Crippen LogP) is 1.36. The van der Waals surface area contributed by atoms with Crippen molar-refractivity contribution in [3.63, 3.8) is 0 Å². The minimum Gasteiger partial charge on any atom is -0.491 e. The molecule has 1 aromatic carbocycles. The van der Waals surface area contributed by atoms with E-state index in [2.05, 4.69) is 11.8 Å². The molecule has 2 rings (SSSR count). The first-order valence-corrected chi connectivity index (χ1v) is 7.23. The lowest BCUT2D eigenvalue weighted by Gasteiger charge is -2.09. The van der Waals surface area contributed by atoms with Gasteiger partial charge in [0.25, 0.3) is 0 Å². The molecular weight excluding hydrogens is 296 g/mol. The average Bonchev–Trinajstić information content (AvgIpc) is 2.59. The van der Waals surface area contributed by atoms with E-state index in [1.807, 2.05) is 6.08 Å². The molecule has 23 heavy (non-hydrogen) atoms. The third-order valence-corrected chi connectivity index (χ3v) is 3.28. The largest absolute Gasteiger partial charge is 0.491 e. The van der Waals surface area contributed by atoms with Crippen molar-refractivity contribution in [2.24, 2.45) is 5.92 Å². The highest BCUT2D eigenvalue weighted by atomic mass is 16.5. The summed E-state index contributed by atoms with van der Waals surface area (Å²) in [5, 5.41) is 26.8. The Bertz CT molecular complexity index is 661. The Morgan fingerprint density at radius 3 is 2.61 bits per heavy atom. The topological polar surface area (TPSA) is 87.0 Å². The molecule has 1 aliphatic carbocycles. The molecule has 120 valence electrons. The number of rotatable bonds is 5. The van der Waals surface area contributed by atoms with E-state index >= 15 is 0 Å². The maximum absolute atomic E-state index is 10.8. The summed E-state index contributed by atoms with van der Waals surface area (Å²) < 4.78 is 5.31. The molecule has 5 heteroatoms. The van der Waals surface area contributed by atoms with Crippen LogP contribution in [0.1, 0.15) is 12.0 Å². The van der Waals surface area contributed by atoms with Crippen molar-refractivity contribution < 1.29 is 24.9 Å². The maximum Gasteiger partial charge on any atom is 0.310 e. The van der Waals surface area contributed by atoms with E-state index in [1.165, 1.54) is 0 Å². The molecule has 0 saturated heterocycles. The van der Waals surface area contributed by atoms with Crippen molar-refractivity contribution in [2.75, 3.05) is 13.2 Å². The molecule has 0 bridgehead atoms. The van der Waals surface area contributed by atoms with Gasteiger partial charge < -0.3 is 20.1 Å². The number of hydrogen-bond donors (Lipinski definition) is 3. The van der Waals surface area contributed by atoms with E-state index in [1.54, 1.807) is 36.4 Å². The quantitative estimate of drug-likeness (QED) is 0.714. The number of allylic oxidation sites excluding steroid dienone is 3. The number of carboxylic acids is 1. The van der Waals surface area contributed by atoms with Crippen LogP contribution in [0.25, 0.3) is 0 Å². The zero-order valence-corrected chi connectivity index (χ0v) is 12.5. The summed E-state index contributed by atoms with van der Waals surface area (Å²) in [4.78, 5) is 10.8. The molecule has 5 nitrogen and oxygen atoms in total. The first kappa shape index (κ1) is 16.8. The second-order valence-corrected chi connectivity index (χ2v) is 5.12. The van der Waals surface area contributed by atoms with Crippen LogP contribution < -0.4 is 4.74 Å². The van der Waals surface area contributed by atoms with Gasteiger partial charge in [-0.3, -0.25) is 4.79 Å². The van der Waals surface area contributed by atoms with Crippen LogP contribution >= 0.6 is 0 Å². The number of aliphatic carboxylic acids is 1. The number of carbonyl (C=O) groups is 1. The molecule has 3 N–H and O–H groups in total. The lowest BCUT2D eigenvalue weighted by molar-refractivity contribution is -0.139. The van der Waals surface area contributed by atoms with E-state index < -0.39 is 18.0 Å². The van der Waals surface area contributed by atoms with Crippen molar-refractivity contribution in [2.45, 2.75) is 12.5 Å². The van der Waals surface area contributed by atoms with Gasteiger partial charge in [-0.05, 0) is 36.8 Å². The fourth-order valence-electron chi connectivity index (χ4n) is 1.92. The average molecular weight is 314 g/mol. The molecule has 0 aliphatic heterocycles. The summed E-state index contributed by atoms with van der Waals surface area (Å²) in [6.07, 6.45) is 4.75. The van der Waals surface area contributed by atoms with E-state index in [9.17, 15) is 9.90 Å². The highest BCUT2D eigenvalue weighted by Crippen LogP contribution is 2.16. The van der Waals surface area contributed by atoms with E-state index in [0.29, 0.717) is 12.2 Å². The van der Waals surface area contributed by atoms with Crippen molar-refractivity contribution >= 4 is 5.97 Å². The SMILES string of the molecule is O=C(O)C1C=CC(C#Cc2ccc(OCC(O)CO)cc2)=CC1. The monoisotopic (exact) mass is 314 g/mol. The van der Waals surface area contributed by atoms with Gasteiger partial charge in [-0.25, -0.2) is 0 Å². The van der Waals surface area contributed by atoms with Crippen LogP contribution in [-0.4, -0.2) is 40.6 Å². The standard InChI is InChI=1S/C18H18O5/c19-11-16(20)12-23-17-9-5-14(6-10-17)2-1-13-3-7-15(8-4-13)18(21)22/h3-7,9-10,15-16,19-20H,8,11-12H2,(H,21,22). The van der Waals surface area contributed by atoms with Crippen molar-refractivity contribution in [3.8, 4) is 17.6 Å². The van der Waals surface area contributed by atoms with E-state index in [4.69, 9.17) is 14.9 Å². The molecule has 0 fully saturated rings. The van der Waals surface area contributed by atoms with Gasteiger partial charge in [-0.1, -0.05) is 24.0 Å². The number of aliphatic hydroxyl groups excluding tert-OH is 2. The zero-order valence-electron chi connectivity index (χ0n) is 12.5. The van der Waals surface area contributed by atoms with Crippen LogP contribution in [0.15, 0.2) is 48.1 Å². The molecule has 0 spiro atoms. The van der Waals surface area contributed by atoms with E-state index in [-0.39, 0.29) is 13.2 Å². The minimum atomic E-state index is -0.894. The smallest absolute Gasteiger partial charge is 0.310 e. The Hall–Kier alpha value is -2.55. The number of ether oxygens (including phenoxy) is 1. The number of benzene rings is 1. The van der Waals surface area contributed by atoms with Gasteiger partial charge in [0, 0.05) is 11.1 Å². The van der Waals surface area contributed by atoms with Gasteiger partial charge in [0.05, 0.1) is 12.5 Å². The van der Waals surface area contributed by atoms with Crippen molar-refractivity contribution in [1.29, 1.82) is 0 Å². The van der Waals surface area contributed by atoms with E-state index in [0.717, 1.165) is 11.1 Å². The summed E-state index contributed by atoms with van der Waals surface area (Å²) in [6, 6.07) is 7.06. The lowest BCUT2D eigenvalue weighted by Crippen LogP contribution is -2.21. The molecule has 0 aromatic heterocycles. The van der Waals surface area contributed by atoms with Crippen LogP contribution in [0.4, 0.5) is 0 Å². The van der Waals surface area contributed by atoms with Crippen LogP contribution in [-0.2, 0) is 4.79 Å². The molecule has 1 aliphatic rings. The fourth-order valence-corrected chi connectivity index (χ4v) is 1.92. The first-order chi connectivity index (χ1) is 11.1. The second-order valence-electron chi connectivity index (χ2n) is 5.12. The summed E-state index contributed by atoms with van der Waals surface area (Å²) in [5.74, 6) is 5.29. The van der Waals surface area contributed by atoms with Crippen molar-refractivity contribution in [1.82, 2.24) is 0 Å². The normalized spacial score (nSPS) is 17.7. The van der Waals surface area contributed by atoms with Crippen LogP contribution in [0.2, 0.25) is 0 Å². The Morgan fingerprint density at radius 1 is 1.30 bits per heavy atom. The third-order valence-electron chi connectivity index (χ3n) is 3.28. The molecule has 0 saturated carbocycles. The predicted molar refractivity (Wildman–Crippen MR) is 84.9 cm³/mol. The lowest BCUT2D eigenvalue weighted by atomic mass is 9.97. The van der Waals surface area contributed by atoms with Gasteiger partial charge in [0.2, 0.25) is 0 Å². The Kier molecular flexibility index (Phi) is 5.98. The second kappa shape index (κ2) is 8.18. The first-order valence-electron chi connectivity index (χ1n) is 7.23. The Balaban J connectivity index is 1.92. The van der Waals surface area contributed by atoms with Crippen LogP contribution in [0.3, 0.4) is 0 Å². The zero-order chi connectivity index (χ0) is 16.7. The third kappa shape index (κ3) is 5.29.